The Balaban J connectivity index is 2.34. The molecule has 20 heavy (non-hydrogen) atoms. The summed E-state index contributed by atoms with van der Waals surface area (Å²) in [5, 5.41) is 18.5. The van der Waals surface area contributed by atoms with Crippen LogP contribution in [0.4, 0.5) is 4.39 Å². The van der Waals surface area contributed by atoms with Crippen LogP contribution in [0.15, 0.2) is 40.9 Å². The van der Waals surface area contributed by atoms with Gasteiger partial charge in [-0.3, -0.25) is 0 Å². The van der Waals surface area contributed by atoms with E-state index in [1.165, 1.54) is 18.2 Å². The number of halogens is 2. The summed E-state index contributed by atoms with van der Waals surface area (Å²) in [5.41, 5.74) is 0.584. The third-order valence-corrected chi connectivity index (χ3v) is 3.42. The lowest BCUT2D eigenvalue weighted by Gasteiger charge is -2.11. The molecule has 2 rings (SSSR count). The summed E-state index contributed by atoms with van der Waals surface area (Å²) in [6, 6.07) is 11.0. The van der Waals surface area contributed by atoms with E-state index in [0.29, 0.717) is 10.2 Å². The number of benzene rings is 2. The smallest absolute Gasteiger partial charge is 0.148 e. The molecule has 1 N–H and O–H groups in total. The number of aliphatic hydroxyl groups excluding tert-OH is 1. The fourth-order valence-electron chi connectivity index (χ4n) is 1.74. The molecular weight excluding hydrogens is 325 g/mol. The first-order valence-corrected chi connectivity index (χ1v) is 6.66. The lowest BCUT2D eigenvalue weighted by atomic mass is 10.1. The van der Waals surface area contributed by atoms with E-state index in [4.69, 9.17) is 10.00 Å². The van der Waals surface area contributed by atoms with Gasteiger partial charge in [-0.05, 0) is 36.8 Å². The molecule has 5 heteroatoms. The van der Waals surface area contributed by atoms with Gasteiger partial charge in [-0.1, -0.05) is 28.1 Å². The molecule has 1 unspecified atom stereocenters. The third kappa shape index (κ3) is 2.98. The topological polar surface area (TPSA) is 53.2 Å². The quantitative estimate of drug-likeness (QED) is 0.909. The van der Waals surface area contributed by atoms with Crippen LogP contribution in [0, 0.1) is 17.1 Å². The van der Waals surface area contributed by atoms with Gasteiger partial charge in [0.15, 0.2) is 0 Å². The van der Waals surface area contributed by atoms with Gasteiger partial charge in [0.05, 0.1) is 6.10 Å². The van der Waals surface area contributed by atoms with Crippen molar-refractivity contribution in [2.45, 2.75) is 13.0 Å². The van der Waals surface area contributed by atoms with Crippen LogP contribution in [0.5, 0.6) is 11.5 Å². The average molecular weight is 336 g/mol. The highest BCUT2D eigenvalue weighted by Crippen LogP contribution is 2.31. The number of nitrogens with zero attached hydrogens (tertiary/aromatic N) is 1. The Morgan fingerprint density at radius 3 is 2.70 bits per heavy atom. The summed E-state index contributed by atoms with van der Waals surface area (Å²) >= 11 is 3.33. The normalized spacial score (nSPS) is 11.8. The number of hydrogen-bond acceptors (Lipinski definition) is 3. The van der Waals surface area contributed by atoms with E-state index >= 15 is 0 Å². The maximum absolute atomic E-state index is 13.5. The minimum absolute atomic E-state index is 0.136. The van der Waals surface area contributed by atoms with Gasteiger partial charge < -0.3 is 9.84 Å². The Kier molecular flexibility index (Phi) is 4.38. The van der Waals surface area contributed by atoms with E-state index in [1.807, 2.05) is 0 Å². The van der Waals surface area contributed by atoms with Gasteiger partial charge in [0.1, 0.15) is 28.9 Å². The molecule has 0 radical (unpaired) electrons. The van der Waals surface area contributed by atoms with Crippen LogP contribution in [0.2, 0.25) is 0 Å². The highest BCUT2D eigenvalue weighted by Gasteiger charge is 2.12. The molecule has 0 amide bonds. The van der Waals surface area contributed by atoms with Crippen LogP contribution in [0.3, 0.4) is 0 Å². The van der Waals surface area contributed by atoms with Gasteiger partial charge in [-0.2, -0.15) is 5.26 Å². The molecule has 102 valence electrons. The van der Waals surface area contributed by atoms with Crippen molar-refractivity contribution in [1.82, 2.24) is 0 Å². The molecule has 2 aromatic carbocycles. The number of nitriles is 1. The van der Waals surface area contributed by atoms with Crippen LogP contribution in [0.25, 0.3) is 0 Å². The van der Waals surface area contributed by atoms with Crippen molar-refractivity contribution in [2.24, 2.45) is 0 Å². The first kappa shape index (κ1) is 14.5. The molecule has 1 atom stereocenters. The maximum atomic E-state index is 13.5. The van der Waals surface area contributed by atoms with Crippen LogP contribution >= 0.6 is 15.9 Å². The molecule has 0 aliphatic rings. The average Bonchev–Trinajstić information content (AvgIpc) is 2.38. The lowest BCUT2D eigenvalue weighted by molar-refractivity contribution is 0.198. The van der Waals surface area contributed by atoms with Gasteiger partial charge in [0.25, 0.3) is 0 Å². The molecule has 0 aliphatic heterocycles. The predicted octanol–water partition coefficient (Wildman–Crippen LogP) is 4.31. The Bertz CT molecular complexity index is 680. The summed E-state index contributed by atoms with van der Waals surface area (Å²) in [6.45, 7) is 1.65. The van der Waals surface area contributed by atoms with Crippen molar-refractivity contribution in [2.75, 3.05) is 0 Å². The Hall–Kier alpha value is -1.90. The van der Waals surface area contributed by atoms with E-state index in [2.05, 4.69) is 15.9 Å². The summed E-state index contributed by atoms with van der Waals surface area (Å²) < 4.78 is 19.7. The molecule has 0 spiro atoms. The molecular formula is C15H11BrFNO2. The summed E-state index contributed by atoms with van der Waals surface area (Å²) in [7, 11) is 0. The van der Waals surface area contributed by atoms with Crippen molar-refractivity contribution in [3.05, 3.63) is 57.8 Å². The first-order valence-electron chi connectivity index (χ1n) is 5.87. The third-order valence-electron chi connectivity index (χ3n) is 2.74. The number of ether oxygens (including phenoxy) is 1. The van der Waals surface area contributed by atoms with Crippen molar-refractivity contribution in [1.29, 1.82) is 5.26 Å². The first-order chi connectivity index (χ1) is 9.52. The van der Waals surface area contributed by atoms with Crippen molar-refractivity contribution >= 4 is 15.9 Å². The highest BCUT2D eigenvalue weighted by atomic mass is 79.9. The van der Waals surface area contributed by atoms with Crippen LogP contribution in [0.1, 0.15) is 24.2 Å². The van der Waals surface area contributed by atoms with Crippen molar-refractivity contribution in [3.8, 4) is 17.6 Å². The van der Waals surface area contributed by atoms with Gasteiger partial charge in [-0.25, -0.2) is 4.39 Å². The molecule has 0 bridgehead atoms. The number of aliphatic hydroxyl groups is 1. The number of rotatable bonds is 3. The van der Waals surface area contributed by atoms with Gasteiger partial charge in [-0.15, -0.1) is 0 Å². The van der Waals surface area contributed by atoms with Crippen LogP contribution in [-0.2, 0) is 0 Å². The molecule has 0 aromatic heterocycles. The van der Waals surface area contributed by atoms with E-state index in [0.717, 1.165) is 5.56 Å². The van der Waals surface area contributed by atoms with E-state index in [9.17, 15) is 9.50 Å². The molecule has 0 saturated carbocycles. The standard InChI is InChI=1S/C15H11BrFNO2/c1-9(19)11-6-5-10(7-13(11)16)20-15-4-2-3-14(17)12(15)8-18/h2-7,9,19H,1H3. The van der Waals surface area contributed by atoms with E-state index in [1.54, 1.807) is 31.2 Å². The van der Waals surface area contributed by atoms with Gasteiger partial charge >= 0.3 is 0 Å². The summed E-state index contributed by atoms with van der Waals surface area (Å²) in [6.07, 6.45) is -0.609. The fraction of sp³-hybridized carbons (Fsp3) is 0.133. The Morgan fingerprint density at radius 2 is 2.10 bits per heavy atom. The lowest BCUT2D eigenvalue weighted by Crippen LogP contribution is -1.95. The molecule has 2 aromatic rings. The van der Waals surface area contributed by atoms with Crippen molar-refractivity contribution in [3.63, 3.8) is 0 Å². The molecule has 0 heterocycles. The van der Waals surface area contributed by atoms with Crippen LogP contribution in [-0.4, -0.2) is 5.11 Å². The Labute approximate surface area is 124 Å². The fourth-order valence-corrected chi connectivity index (χ4v) is 2.42. The van der Waals surface area contributed by atoms with Crippen LogP contribution < -0.4 is 4.74 Å². The van der Waals surface area contributed by atoms with E-state index < -0.39 is 11.9 Å². The highest BCUT2D eigenvalue weighted by molar-refractivity contribution is 9.10. The second-order valence-corrected chi connectivity index (χ2v) is 5.04. The predicted molar refractivity (Wildman–Crippen MR) is 76.0 cm³/mol. The minimum Gasteiger partial charge on any atom is -0.456 e. The number of hydrogen-bond donors (Lipinski definition) is 1. The Morgan fingerprint density at radius 1 is 1.35 bits per heavy atom. The second-order valence-electron chi connectivity index (χ2n) is 4.19. The molecule has 0 saturated heterocycles. The zero-order valence-electron chi connectivity index (χ0n) is 10.6. The SMILES string of the molecule is CC(O)c1ccc(Oc2cccc(F)c2C#N)cc1Br. The minimum atomic E-state index is -0.621. The summed E-state index contributed by atoms with van der Waals surface area (Å²) in [5.74, 6) is -0.0164. The van der Waals surface area contributed by atoms with Crippen molar-refractivity contribution < 1.29 is 14.2 Å². The van der Waals surface area contributed by atoms with Gasteiger partial charge in [0, 0.05) is 4.47 Å². The zero-order chi connectivity index (χ0) is 14.7. The second kappa shape index (κ2) is 6.04. The molecule has 3 nitrogen and oxygen atoms in total. The molecule has 0 aliphatic carbocycles. The van der Waals surface area contributed by atoms with E-state index in [-0.39, 0.29) is 11.3 Å². The maximum Gasteiger partial charge on any atom is 0.148 e. The van der Waals surface area contributed by atoms with Gasteiger partial charge in [0.2, 0.25) is 0 Å². The molecule has 0 fully saturated rings. The largest absolute Gasteiger partial charge is 0.456 e. The monoisotopic (exact) mass is 335 g/mol. The summed E-state index contributed by atoms with van der Waals surface area (Å²) in [4.78, 5) is 0. The zero-order valence-corrected chi connectivity index (χ0v) is 12.2.